The first-order chi connectivity index (χ1) is 8.66. The molecule has 94 valence electrons. The topological polar surface area (TPSA) is 48.0 Å². The molecule has 3 nitrogen and oxygen atoms in total. The zero-order valence-electron chi connectivity index (χ0n) is 9.97. The van der Waals surface area contributed by atoms with E-state index >= 15 is 0 Å². The molecule has 18 heavy (non-hydrogen) atoms. The average molecular weight is 307 g/mol. The predicted octanol–water partition coefficient (Wildman–Crippen LogP) is 2.83. The van der Waals surface area contributed by atoms with Gasteiger partial charge in [-0.2, -0.15) is 0 Å². The van der Waals surface area contributed by atoms with Crippen molar-refractivity contribution in [3.63, 3.8) is 0 Å². The van der Waals surface area contributed by atoms with Crippen molar-refractivity contribution in [3.05, 3.63) is 63.0 Å². The van der Waals surface area contributed by atoms with Gasteiger partial charge in [-0.25, -0.2) is 0 Å². The maximum absolute atomic E-state index is 11.8. The number of hydrogen-bond acceptors (Lipinski definition) is 2. The summed E-state index contributed by atoms with van der Waals surface area (Å²) in [6, 6.07) is 11.5. The Balaban J connectivity index is 1.94. The summed E-state index contributed by atoms with van der Waals surface area (Å²) in [7, 11) is 0. The second-order valence-electron chi connectivity index (χ2n) is 4.20. The van der Waals surface area contributed by atoms with Crippen LogP contribution in [0.2, 0.25) is 0 Å². The van der Waals surface area contributed by atoms with E-state index in [2.05, 4.69) is 15.9 Å². The van der Waals surface area contributed by atoms with Gasteiger partial charge in [-0.05, 0) is 58.6 Å². The lowest BCUT2D eigenvalue weighted by atomic mass is 10.1. The van der Waals surface area contributed by atoms with E-state index in [1.165, 1.54) is 5.56 Å². The van der Waals surface area contributed by atoms with Crippen LogP contribution in [0.4, 0.5) is 5.69 Å². The molecule has 0 atom stereocenters. The highest BCUT2D eigenvalue weighted by Crippen LogP contribution is 2.08. The molecule has 0 saturated heterocycles. The van der Waals surface area contributed by atoms with E-state index in [4.69, 9.17) is 5.73 Å². The number of halogens is 1. The van der Waals surface area contributed by atoms with Gasteiger partial charge in [-0.15, -0.1) is 0 Å². The zero-order chi connectivity index (χ0) is 13.0. The van der Waals surface area contributed by atoms with Gasteiger partial charge in [-0.1, -0.05) is 12.1 Å². The van der Waals surface area contributed by atoms with E-state index in [0.717, 1.165) is 25.1 Å². The molecule has 0 saturated carbocycles. The molecular weight excluding hydrogens is 292 g/mol. The Labute approximate surface area is 114 Å². The lowest BCUT2D eigenvalue weighted by molar-refractivity contribution is 0.620. The van der Waals surface area contributed by atoms with Crippen molar-refractivity contribution in [2.24, 2.45) is 0 Å². The summed E-state index contributed by atoms with van der Waals surface area (Å²) in [5.74, 6) is 0. The quantitative estimate of drug-likeness (QED) is 0.883. The third-order valence-electron chi connectivity index (χ3n) is 2.82. The number of hydrogen-bond donors (Lipinski definition) is 1. The van der Waals surface area contributed by atoms with Crippen molar-refractivity contribution in [2.45, 2.75) is 19.4 Å². The number of nitrogen functional groups attached to an aromatic ring is 1. The first kappa shape index (κ1) is 12.9. The Hall–Kier alpha value is -1.55. The maximum Gasteiger partial charge on any atom is 0.264 e. The minimum Gasteiger partial charge on any atom is -0.399 e. The van der Waals surface area contributed by atoms with Gasteiger partial charge in [0.1, 0.15) is 0 Å². The highest BCUT2D eigenvalue weighted by molar-refractivity contribution is 9.10. The summed E-state index contributed by atoms with van der Waals surface area (Å²) in [6.07, 6.45) is 3.69. The molecule has 1 aromatic carbocycles. The second-order valence-corrected chi connectivity index (χ2v) is 5.05. The van der Waals surface area contributed by atoms with E-state index in [9.17, 15) is 4.79 Å². The summed E-state index contributed by atoms with van der Waals surface area (Å²) < 4.78 is 2.33. The summed E-state index contributed by atoms with van der Waals surface area (Å²) >= 11 is 3.24. The van der Waals surface area contributed by atoms with Crippen LogP contribution < -0.4 is 11.3 Å². The van der Waals surface area contributed by atoms with Gasteiger partial charge in [0.2, 0.25) is 0 Å². The van der Waals surface area contributed by atoms with Crippen LogP contribution in [0.1, 0.15) is 12.0 Å². The van der Waals surface area contributed by atoms with Gasteiger partial charge < -0.3 is 10.3 Å². The Kier molecular flexibility index (Phi) is 4.20. The molecule has 0 radical (unpaired) electrons. The fraction of sp³-hybridized carbons (Fsp3) is 0.214. The van der Waals surface area contributed by atoms with Crippen LogP contribution in [-0.4, -0.2) is 4.57 Å². The molecule has 1 heterocycles. The Morgan fingerprint density at radius 1 is 1.17 bits per heavy atom. The van der Waals surface area contributed by atoms with Crippen LogP contribution in [-0.2, 0) is 13.0 Å². The number of anilines is 1. The molecule has 0 spiro atoms. The van der Waals surface area contributed by atoms with Crippen LogP contribution in [0, 0.1) is 0 Å². The minimum atomic E-state index is 0.0230. The van der Waals surface area contributed by atoms with E-state index in [-0.39, 0.29) is 5.56 Å². The molecule has 0 aliphatic heterocycles. The average Bonchev–Trinajstić information content (AvgIpc) is 2.37. The molecule has 0 unspecified atom stereocenters. The van der Waals surface area contributed by atoms with Crippen molar-refractivity contribution in [3.8, 4) is 0 Å². The fourth-order valence-electron chi connectivity index (χ4n) is 1.82. The highest BCUT2D eigenvalue weighted by Gasteiger charge is 2.00. The number of aromatic nitrogens is 1. The molecule has 0 bridgehead atoms. The van der Waals surface area contributed by atoms with Gasteiger partial charge in [0.25, 0.3) is 5.56 Å². The van der Waals surface area contributed by atoms with Crippen LogP contribution in [0.15, 0.2) is 51.9 Å². The van der Waals surface area contributed by atoms with Crippen LogP contribution >= 0.6 is 15.9 Å². The van der Waals surface area contributed by atoms with Gasteiger partial charge in [-0.3, -0.25) is 4.79 Å². The number of nitrogens with zero attached hydrogens (tertiary/aromatic N) is 1. The largest absolute Gasteiger partial charge is 0.399 e. The maximum atomic E-state index is 11.8. The molecule has 4 heteroatoms. The number of rotatable bonds is 4. The standard InChI is InChI=1S/C14H15BrN2O/c15-13-4-2-10-17(14(13)18)9-1-3-11-5-7-12(16)8-6-11/h2,4-8,10H,1,3,9,16H2. The van der Waals surface area contributed by atoms with Gasteiger partial charge in [0, 0.05) is 18.4 Å². The lowest BCUT2D eigenvalue weighted by Crippen LogP contribution is -2.19. The number of pyridine rings is 1. The van der Waals surface area contributed by atoms with E-state index in [1.54, 1.807) is 10.6 Å². The van der Waals surface area contributed by atoms with E-state index < -0.39 is 0 Å². The summed E-state index contributed by atoms with van der Waals surface area (Å²) in [6.45, 7) is 0.725. The number of aryl methyl sites for hydroxylation is 2. The smallest absolute Gasteiger partial charge is 0.264 e. The van der Waals surface area contributed by atoms with E-state index in [0.29, 0.717) is 4.47 Å². The molecule has 2 rings (SSSR count). The fourth-order valence-corrected chi connectivity index (χ4v) is 2.20. The monoisotopic (exact) mass is 306 g/mol. The van der Waals surface area contributed by atoms with Gasteiger partial charge >= 0.3 is 0 Å². The molecule has 0 fully saturated rings. The third kappa shape index (κ3) is 3.23. The Bertz CT molecular complexity index is 575. The van der Waals surface area contributed by atoms with Crippen molar-refractivity contribution in [1.82, 2.24) is 4.57 Å². The normalized spacial score (nSPS) is 10.5. The summed E-state index contributed by atoms with van der Waals surface area (Å²) in [5.41, 5.74) is 7.68. The molecular formula is C14H15BrN2O. The van der Waals surface area contributed by atoms with Gasteiger partial charge in [0.05, 0.1) is 4.47 Å². The van der Waals surface area contributed by atoms with E-state index in [1.807, 2.05) is 36.5 Å². The minimum absolute atomic E-state index is 0.0230. The Morgan fingerprint density at radius 2 is 1.89 bits per heavy atom. The molecule has 2 aromatic rings. The molecule has 0 aliphatic carbocycles. The van der Waals surface area contributed by atoms with Crippen molar-refractivity contribution in [2.75, 3.05) is 5.73 Å². The van der Waals surface area contributed by atoms with Crippen molar-refractivity contribution >= 4 is 21.6 Å². The first-order valence-corrected chi connectivity index (χ1v) is 6.65. The molecule has 0 aliphatic rings. The van der Waals surface area contributed by atoms with Crippen LogP contribution in [0.5, 0.6) is 0 Å². The molecule has 2 N–H and O–H groups in total. The summed E-state index contributed by atoms with van der Waals surface area (Å²) in [4.78, 5) is 11.8. The third-order valence-corrected chi connectivity index (χ3v) is 3.42. The Morgan fingerprint density at radius 3 is 2.61 bits per heavy atom. The van der Waals surface area contributed by atoms with Crippen LogP contribution in [0.25, 0.3) is 0 Å². The second kappa shape index (κ2) is 5.87. The summed E-state index contributed by atoms with van der Waals surface area (Å²) in [5, 5.41) is 0. The van der Waals surface area contributed by atoms with Crippen LogP contribution in [0.3, 0.4) is 0 Å². The lowest BCUT2D eigenvalue weighted by Gasteiger charge is -2.06. The molecule has 1 aromatic heterocycles. The first-order valence-electron chi connectivity index (χ1n) is 5.86. The highest BCUT2D eigenvalue weighted by atomic mass is 79.9. The zero-order valence-corrected chi connectivity index (χ0v) is 11.6. The van der Waals surface area contributed by atoms with Gasteiger partial charge in [0.15, 0.2) is 0 Å². The SMILES string of the molecule is Nc1ccc(CCCn2cccc(Br)c2=O)cc1. The van der Waals surface area contributed by atoms with Crippen molar-refractivity contribution < 1.29 is 0 Å². The van der Waals surface area contributed by atoms with Crippen molar-refractivity contribution in [1.29, 1.82) is 0 Å². The molecule has 0 amide bonds. The number of benzene rings is 1. The predicted molar refractivity (Wildman–Crippen MR) is 77.6 cm³/mol. The number of nitrogens with two attached hydrogens (primary N) is 1.